The SMILES string of the molecule is CNC(C)Cc1noc(COc2ccc([N+](=O)[O-])c(OC)c2)n1. The van der Waals surface area contributed by atoms with Gasteiger partial charge in [0, 0.05) is 24.6 Å². The summed E-state index contributed by atoms with van der Waals surface area (Å²) in [4.78, 5) is 14.5. The van der Waals surface area contributed by atoms with Crippen molar-refractivity contribution in [1.29, 1.82) is 0 Å². The van der Waals surface area contributed by atoms with Crippen molar-refractivity contribution in [2.45, 2.75) is 26.0 Å². The van der Waals surface area contributed by atoms with Crippen LogP contribution in [0.5, 0.6) is 11.5 Å². The fourth-order valence-corrected chi connectivity index (χ4v) is 1.85. The van der Waals surface area contributed by atoms with E-state index in [2.05, 4.69) is 15.5 Å². The minimum Gasteiger partial charge on any atom is -0.490 e. The number of nitro groups is 1. The molecule has 1 heterocycles. The van der Waals surface area contributed by atoms with E-state index in [1.165, 1.54) is 25.3 Å². The van der Waals surface area contributed by atoms with Crippen LogP contribution in [0.25, 0.3) is 0 Å². The predicted octanol–water partition coefficient (Wildman–Crippen LogP) is 1.72. The van der Waals surface area contributed by atoms with Crippen LogP contribution >= 0.6 is 0 Å². The first kappa shape index (κ1) is 16.7. The van der Waals surface area contributed by atoms with Gasteiger partial charge < -0.3 is 19.3 Å². The lowest BCUT2D eigenvalue weighted by atomic mass is 10.2. The minimum absolute atomic E-state index is 0.0713. The van der Waals surface area contributed by atoms with Crippen LogP contribution in [0.1, 0.15) is 18.6 Å². The molecule has 1 aromatic carbocycles. The van der Waals surface area contributed by atoms with Crippen LogP contribution in [0.15, 0.2) is 22.7 Å². The van der Waals surface area contributed by atoms with Gasteiger partial charge in [-0.3, -0.25) is 10.1 Å². The van der Waals surface area contributed by atoms with E-state index < -0.39 is 4.92 Å². The Bertz CT molecular complexity index is 673. The predicted molar refractivity (Wildman–Crippen MR) is 80.5 cm³/mol. The Balaban J connectivity index is 1.99. The molecule has 124 valence electrons. The molecule has 0 amide bonds. The average Bonchev–Trinajstić information content (AvgIpc) is 2.99. The maximum absolute atomic E-state index is 10.8. The highest BCUT2D eigenvalue weighted by atomic mass is 16.6. The molecule has 0 fully saturated rings. The number of aromatic nitrogens is 2. The number of nitrogens with zero attached hydrogens (tertiary/aromatic N) is 3. The lowest BCUT2D eigenvalue weighted by Gasteiger charge is -2.06. The molecule has 0 saturated carbocycles. The first-order valence-electron chi connectivity index (χ1n) is 6.97. The van der Waals surface area contributed by atoms with Crippen molar-refractivity contribution in [3.8, 4) is 11.5 Å². The maximum Gasteiger partial charge on any atom is 0.311 e. The van der Waals surface area contributed by atoms with E-state index in [1.807, 2.05) is 14.0 Å². The Kier molecular flexibility index (Phi) is 5.47. The average molecular weight is 322 g/mol. The number of hydrogen-bond acceptors (Lipinski definition) is 8. The second-order valence-electron chi connectivity index (χ2n) is 4.88. The summed E-state index contributed by atoms with van der Waals surface area (Å²) >= 11 is 0. The summed E-state index contributed by atoms with van der Waals surface area (Å²) in [6.07, 6.45) is 0.644. The summed E-state index contributed by atoms with van der Waals surface area (Å²) in [5, 5.41) is 17.8. The van der Waals surface area contributed by atoms with Gasteiger partial charge in [-0.25, -0.2) is 0 Å². The number of likely N-dealkylation sites (N-methyl/N-ethyl adjacent to an activating group) is 1. The van der Waals surface area contributed by atoms with Gasteiger partial charge in [-0.2, -0.15) is 4.98 Å². The molecule has 0 aliphatic rings. The first-order chi connectivity index (χ1) is 11.0. The number of hydrogen-bond donors (Lipinski definition) is 1. The molecular formula is C14H18N4O5. The summed E-state index contributed by atoms with van der Waals surface area (Å²) in [5.41, 5.74) is -0.124. The maximum atomic E-state index is 10.8. The molecule has 0 spiro atoms. The number of nitrogens with one attached hydrogen (secondary N) is 1. The molecule has 23 heavy (non-hydrogen) atoms. The number of nitro benzene ring substituents is 1. The summed E-state index contributed by atoms with van der Waals surface area (Å²) in [7, 11) is 3.22. The van der Waals surface area contributed by atoms with Crippen molar-refractivity contribution in [1.82, 2.24) is 15.5 Å². The zero-order valence-corrected chi connectivity index (χ0v) is 13.1. The molecule has 2 rings (SSSR count). The third kappa shape index (κ3) is 4.39. The van der Waals surface area contributed by atoms with Crippen molar-refractivity contribution in [3.05, 3.63) is 40.0 Å². The molecule has 1 unspecified atom stereocenters. The molecule has 9 heteroatoms. The van der Waals surface area contributed by atoms with Crippen LogP contribution in [0.2, 0.25) is 0 Å². The number of methoxy groups -OCH3 is 1. The zero-order valence-electron chi connectivity index (χ0n) is 13.1. The molecule has 0 radical (unpaired) electrons. The van der Waals surface area contributed by atoms with Crippen molar-refractivity contribution in [2.24, 2.45) is 0 Å². The molecule has 1 atom stereocenters. The Morgan fingerprint density at radius 3 is 2.91 bits per heavy atom. The van der Waals surface area contributed by atoms with Gasteiger partial charge in [0.1, 0.15) is 5.75 Å². The van der Waals surface area contributed by atoms with Gasteiger partial charge in [-0.1, -0.05) is 5.16 Å². The summed E-state index contributed by atoms with van der Waals surface area (Å²) < 4.78 is 15.6. The van der Waals surface area contributed by atoms with Gasteiger partial charge in [0.05, 0.1) is 12.0 Å². The quantitative estimate of drug-likeness (QED) is 0.577. The molecule has 0 aliphatic carbocycles. The van der Waals surface area contributed by atoms with Crippen LogP contribution in [0, 0.1) is 10.1 Å². The molecule has 0 saturated heterocycles. The van der Waals surface area contributed by atoms with E-state index in [4.69, 9.17) is 14.0 Å². The Hall–Kier alpha value is -2.68. The molecule has 0 aliphatic heterocycles. The highest BCUT2D eigenvalue weighted by molar-refractivity contribution is 5.50. The number of benzene rings is 1. The fraction of sp³-hybridized carbons (Fsp3) is 0.429. The highest BCUT2D eigenvalue weighted by Gasteiger charge is 2.16. The van der Waals surface area contributed by atoms with Gasteiger partial charge in [0.15, 0.2) is 12.4 Å². The second-order valence-corrected chi connectivity index (χ2v) is 4.88. The van der Waals surface area contributed by atoms with Crippen molar-refractivity contribution in [2.75, 3.05) is 14.2 Å². The van der Waals surface area contributed by atoms with Crippen molar-refractivity contribution >= 4 is 5.69 Å². The summed E-state index contributed by atoms with van der Waals surface area (Å²) in [5.74, 6) is 1.46. The van der Waals surface area contributed by atoms with E-state index in [0.29, 0.717) is 23.9 Å². The molecule has 1 N–H and O–H groups in total. The van der Waals surface area contributed by atoms with E-state index in [1.54, 1.807) is 0 Å². The fourth-order valence-electron chi connectivity index (χ4n) is 1.85. The van der Waals surface area contributed by atoms with Gasteiger partial charge >= 0.3 is 5.69 Å². The standard InChI is InChI=1S/C14H18N4O5/c1-9(15-2)6-13-16-14(23-17-13)8-22-10-4-5-11(18(19)20)12(7-10)21-3/h4-5,7,9,15H,6,8H2,1-3H3. The highest BCUT2D eigenvalue weighted by Crippen LogP contribution is 2.30. The molecule has 2 aromatic rings. The van der Waals surface area contributed by atoms with Crippen LogP contribution in [0.4, 0.5) is 5.69 Å². The molecular weight excluding hydrogens is 304 g/mol. The number of ether oxygens (including phenoxy) is 2. The lowest BCUT2D eigenvalue weighted by Crippen LogP contribution is -2.24. The van der Waals surface area contributed by atoms with E-state index in [-0.39, 0.29) is 24.1 Å². The topological polar surface area (TPSA) is 113 Å². The molecule has 1 aromatic heterocycles. The van der Waals surface area contributed by atoms with Crippen LogP contribution in [0.3, 0.4) is 0 Å². The Labute approximate surface area is 132 Å². The van der Waals surface area contributed by atoms with Gasteiger partial charge in [0.25, 0.3) is 5.89 Å². The first-order valence-corrected chi connectivity index (χ1v) is 6.97. The van der Waals surface area contributed by atoms with Gasteiger partial charge in [0.2, 0.25) is 5.75 Å². The zero-order chi connectivity index (χ0) is 16.8. The van der Waals surface area contributed by atoms with Gasteiger partial charge in [-0.05, 0) is 20.0 Å². The Morgan fingerprint density at radius 1 is 1.48 bits per heavy atom. The normalized spacial score (nSPS) is 12.0. The van der Waals surface area contributed by atoms with E-state index in [0.717, 1.165) is 0 Å². The third-order valence-corrected chi connectivity index (χ3v) is 3.20. The second kappa shape index (κ2) is 7.54. The van der Waals surface area contributed by atoms with E-state index >= 15 is 0 Å². The van der Waals surface area contributed by atoms with E-state index in [9.17, 15) is 10.1 Å². The summed E-state index contributed by atoms with van der Waals surface area (Å²) in [6.45, 7) is 2.08. The smallest absolute Gasteiger partial charge is 0.311 e. The van der Waals surface area contributed by atoms with Gasteiger partial charge in [-0.15, -0.1) is 0 Å². The Morgan fingerprint density at radius 2 is 2.26 bits per heavy atom. The van der Waals surface area contributed by atoms with Crippen LogP contribution < -0.4 is 14.8 Å². The lowest BCUT2D eigenvalue weighted by molar-refractivity contribution is -0.385. The molecule has 9 nitrogen and oxygen atoms in total. The summed E-state index contributed by atoms with van der Waals surface area (Å²) in [6, 6.07) is 4.49. The largest absolute Gasteiger partial charge is 0.490 e. The monoisotopic (exact) mass is 322 g/mol. The van der Waals surface area contributed by atoms with Crippen LogP contribution in [-0.2, 0) is 13.0 Å². The van der Waals surface area contributed by atoms with Crippen molar-refractivity contribution < 1.29 is 18.9 Å². The third-order valence-electron chi connectivity index (χ3n) is 3.20. The molecule has 0 bridgehead atoms. The van der Waals surface area contributed by atoms with Crippen LogP contribution in [-0.4, -0.2) is 35.3 Å². The number of rotatable bonds is 8. The minimum atomic E-state index is -0.518. The van der Waals surface area contributed by atoms with Crippen molar-refractivity contribution in [3.63, 3.8) is 0 Å².